The molecule has 2 aromatic rings. The van der Waals surface area contributed by atoms with Crippen molar-refractivity contribution in [2.75, 3.05) is 19.5 Å². The summed E-state index contributed by atoms with van der Waals surface area (Å²) in [6.45, 7) is 4.30. The van der Waals surface area contributed by atoms with Crippen molar-refractivity contribution >= 4 is 22.0 Å². The van der Waals surface area contributed by atoms with Crippen LogP contribution in [0, 0.1) is 5.92 Å². The van der Waals surface area contributed by atoms with Gasteiger partial charge in [-0.15, -0.1) is 0 Å². The third-order valence-electron chi connectivity index (χ3n) is 4.04. The fraction of sp³-hybridized carbons (Fsp3) is 0.333. The molecule has 30 heavy (non-hydrogen) atoms. The summed E-state index contributed by atoms with van der Waals surface area (Å²) in [7, 11) is -3.65. The van der Waals surface area contributed by atoms with Gasteiger partial charge in [-0.1, -0.05) is 38.1 Å². The number of sulfonamides is 1. The summed E-state index contributed by atoms with van der Waals surface area (Å²) in [5.74, 6) is 0.253. The van der Waals surface area contributed by atoms with Crippen molar-refractivity contribution in [3.63, 3.8) is 0 Å². The predicted molar refractivity (Wildman–Crippen MR) is 114 cm³/mol. The number of hydrogen-bond acceptors (Lipinski definition) is 6. The van der Waals surface area contributed by atoms with E-state index in [0.717, 1.165) is 22.9 Å². The lowest BCUT2D eigenvalue weighted by molar-refractivity contribution is 0.0980. The minimum absolute atomic E-state index is 0.0622. The largest absolute Gasteiger partial charge is 0.490 e. The summed E-state index contributed by atoms with van der Waals surface area (Å²) in [6.07, 6.45) is 0.728. The lowest BCUT2D eigenvalue weighted by atomic mass is 9.93. The molecule has 0 unspecified atom stereocenters. The first kappa shape index (κ1) is 23.2. The highest BCUT2D eigenvalue weighted by Gasteiger charge is 2.17. The second kappa shape index (κ2) is 10.1. The fourth-order valence-corrected chi connectivity index (χ4v) is 3.32. The molecular formula is C21H26N2O6S. The lowest BCUT2D eigenvalue weighted by Crippen LogP contribution is -2.30. The van der Waals surface area contributed by atoms with Gasteiger partial charge < -0.3 is 15.2 Å². The van der Waals surface area contributed by atoms with Crippen molar-refractivity contribution in [3.05, 3.63) is 53.6 Å². The van der Waals surface area contributed by atoms with Crippen LogP contribution in [0.4, 0.5) is 4.79 Å². The molecule has 2 amide bonds. The van der Waals surface area contributed by atoms with Crippen LogP contribution in [0.1, 0.15) is 29.8 Å². The molecule has 9 heteroatoms. The van der Waals surface area contributed by atoms with Gasteiger partial charge in [-0.2, -0.15) is 0 Å². The Kier molecular flexibility index (Phi) is 7.82. The summed E-state index contributed by atoms with van der Waals surface area (Å²) >= 11 is 0. The highest BCUT2D eigenvalue weighted by molar-refractivity contribution is 7.89. The first-order chi connectivity index (χ1) is 14.0. The topological polar surface area (TPSA) is 125 Å². The molecule has 162 valence electrons. The quantitative estimate of drug-likeness (QED) is 0.585. The molecular weight excluding hydrogens is 408 g/mol. The molecule has 0 bridgehead atoms. The summed E-state index contributed by atoms with van der Waals surface area (Å²) in [5, 5.41) is 0. The lowest BCUT2D eigenvalue weighted by Gasteiger charge is -2.14. The van der Waals surface area contributed by atoms with Crippen LogP contribution in [-0.4, -0.2) is 39.9 Å². The van der Waals surface area contributed by atoms with Gasteiger partial charge in [0.1, 0.15) is 19.0 Å². The molecule has 0 aliphatic heterocycles. The number of hydrogen-bond donors (Lipinski definition) is 2. The normalized spacial score (nSPS) is 11.2. The molecule has 0 fully saturated rings. The molecule has 0 saturated heterocycles. The van der Waals surface area contributed by atoms with Crippen LogP contribution in [0.15, 0.2) is 42.5 Å². The van der Waals surface area contributed by atoms with Crippen LogP contribution in [0.3, 0.4) is 0 Å². The summed E-state index contributed by atoms with van der Waals surface area (Å²) in [5.41, 5.74) is 7.80. The van der Waals surface area contributed by atoms with Crippen LogP contribution < -0.4 is 15.2 Å². The van der Waals surface area contributed by atoms with Gasteiger partial charge in [-0.3, -0.25) is 4.79 Å². The first-order valence-corrected chi connectivity index (χ1v) is 11.2. The molecule has 0 radical (unpaired) electrons. The number of carbonyl (C=O) groups excluding carboxylic acids is 2. The molecule has 2 aromatic carbocycles. The summed E-state index contributed by atoms with van der Waals surface area (Å²) in [4.78, 5) is 22.9. The Morgan fingerprint density at radius 1 is 1.03 bits per heavy atom. The molecule has 0 saturated carbocycles. The monoisotopic (exact) mass is 434 g/mol. The number of primary amides is 1. The number of nitrogens with two attached hydrogens (primary N) is 1. The second-order valence-corrected chi connectivity index (χ2v) is 8.96. The number of carbonyl (C=O) groups is 2. The molecule has 0 aromatic heterocycles. The standard InChI is InChI=1S/C21H26N2O6S/c1-14(2)12-17-13-16(6-9-19(17)20(24)23-30(3,26)27)15-4-7-18(8-5-15)28-10-11-29-21(22)25/h4-9,13-14H,10-12H2,1-3H3,(H2,22,25)(H,23,24). The van der Waals surface area contributed by atoms with Gasteiger partial charge in [-0.25, -0.2) is 17.9 Å². The van der Waals surface area contributed by atoms with E-state index >= 15 is 0 Å². The second-order valence-electron chi connectivity index (χ2n) is 7.21. The summed E-state index contributed by atoms with van der Waals surface area (Å²) < 4.78 is 35.0. The number of amides is 2. The zero-order chi connectivity index (χ0) is 22.3. The van der Waals surface area contributed by atoms with Crippen LogP contribution >= 0.6 is 0 Å². The molecule has 0 spiro atoms. The minimum atomic E-state index is -3.65. The van der Waals surface area contributed by atoms with E-state index in [1.807, 2.05) is 36.8 Å². The van der Waals surface area contributed by atoms with E-state index in [1.54, 1.807) is 24.3 Å². The van der Waals surface area contributed by atoms with Gasteiger partial charge >= 0.3 is 6.09 Å². The number of ether oxygens (including phenoxy) is 2. The van der Waals surface area contributed by atoms with Crippen LogP contribution in [0.25, 0.3) is 11.1 Å². The molecule has 0 aliphatic rings. The predicted octanol–water partition coefficient (Wildman–Crippen LogP) is 2.72. The number of benzene rings is 2. The maximum atomic E-state index is 12.4. The van der Waals surface area contributed by atoms with E-state index in [0.29, 0.717) is 17.7 Å². The number of nitrogens with one attached hydrogen (secondary N) is 1. The molecule has 0 atom stereocenters. The van der Waals surface area contributed by atoms with Gasteiger partial charge in [0.15, 0.2) is 0 Å². The third-order valence-corrected chi connectivity index (χ3v) is 4.60. The average molecular weight is 435 g/mol. The van der Waals surface area contributed by atoms with Gasteiger partial charge in [0, 0.05) is 5.56 Å². The Hall–Kier alpha value is -3.07. The van der Waals surface area contributed by atoms with Gasteiger partial charge in [0.2, 0.25) is 10.0 Å². The highest BCUT2D eigenvalue weighted by Crippen LogP contribution is 2.26. The molecule has 8 nitrogen and oxygen atoms in total. The van der Waals surface area contributed by atoms with E-state index in [2.05, 4.69) is 4.74 Å². The smallest absolute Gasteiger partial charge is 0.404 e. The average Bonchev–Trinajstić information content (AvgIpc) is 2.63. The fourth-order valence-electron chi connectivity index (χ4n) is 2.87. The van der Waals surface area contributed by atoms with Gasteiger partial charge in [0.25, 0.3) is 5.91 Å². The minimum Gasteiger partial charge on any atom is -0.490 e. The van der Waals surface area contributed by atoms with Crippen molar-refractivity contribution in [2.24, 2.45) is 11.7 Å². The first-order valence-electron chi connectivity index (χ1n) is 9.35. The van der Waals surface area contributed by atoms with Crippen molar-refractivity contribution in [3.8, 4) is 16.9 Å². The van der Waals surface area contributed by atoms with E-state index in [1.165, 1.54) is 0 Å². The van der Waals surface area contributed by atoms with Crippen molar-refractivity contribution in [1.82, 2.24) is 4.72 Å². The zero-order valence-electron chi connectivity index (χ0n) is 17.2. The Bertz CT molecular complexity index is 1000. The van der Waals surface area contributed by atoms with Gasteiger partial charge in [-0.05, 0) is 47.2 Å². The molecule has 0 heterocycles. The SMILES string of the molecule is CC(C)Cc1cc(-c2ccc(OCCOC(N)=O)cc2)ccc1C(=O)NS(C)(=O)=O. The Labute approximate surface area is 176 Å². The summed E-state index contributed by atoms with van der Waals surface area (Å²) in [6, 6.07) is 12.6. The van der Waals surface area contributed by atoms with Crippen molar-refractivity contribution < 1.29 is 27.5 Å². The maximum absolute atomic E-state index is 12.4. The Morgan fingerprint density at radius 3 is 2.23 bits per heavy atom. The van der Waals surface area contributed by atoms with E-state index in [-0.39, 0.29) is 19.1 Å². The third kappa shape index (κ3) is 7.40. The van der Waals surface area contributed by atoms with Crippen molar-refractivity contribution in [1.29, 1.82) is 0 Å². The van der Waals surface area contributed by atoms with Crippen LogP contribution in [0.2, 0.25) is 0 Å². The van der Waals surface area contributed by atoms with E-state index < -0.39 is 22.0 Å². The van der Waals surface area contributed by atoms with Crippen molar-refractivity contribution in [2.45, 2.75) is 20.3 Å². The highest BCUT2D eigenvalue weighted by atomic mass is 32.2. The van der Waals surface area contributed by atoms with E-state index in [9.17, 15) is 18.0 Å². The zero-order valence-corrected chi connectivity index (χ0v) is 18.0. The molecule has 2 rings (SSSR count). The molecule has 3 N–H and O–H groups in total. The van der Waals surface area contributed by atoms with E-state index in [4.69, 9.17) is 10.5 Å². The van der Waals surface area contributed by atoms with Crippen LogP contribution in [-0.2, 0) is 21.2 Å². The number of rotatable bonds is 9. The Balaban J connectivity index is 2.20. The van der Waals surface area contributed by atoms with Gasteiger partial charge in [0.05, 0.1) is 6.26 Å². The molecule has 0 aliphatic carbocycles. The maximum Gasteiger partial charge on any atom is 0.404 e. The van der Waals surface area contributed by atoms with Crippen LogP contribution in [0.5, 0.6) is 5.75 Å². The Morgan fingerprint density at radius 2 is 1.67 bits per heavy atom.